The summed E-state index contributed by atoms with van der Waals surface area (Å²) in [5.41, 5.74) is 1.32. The summed E-state index contributed by atoms with van der Waals surface area (Å²) in [6, 6.07) is 0. The number of rotatable bonds is 8. The number of hydrogen-bond donors (Lipinski definition) is 0. The van der Waals surface area contributed by atoms with E-state index in [4.69, 9.17) is 0 Å². The van der Waals surface area contributed by atoms with Crippen LogP contribution in [0, 0.1) is 0 Å². The van der Waals surface area contributed by atoms with Crippen molar-refractivity contribution in [1.29, 1.82) is 0 Å². The molecule has 78 valence electrons. The Morgan fingerprint density at radius 3 is 2.15 bits per heavy atom. The zero-order chi connectivity index (χ0) is 10.1. The maximum atomic E-state index is 3.91. The number of allylic oxidation sites excluding steroid dienone is 1. The van der Waals surface area contributed by atoms with Crippen LogP contribution in [0.3, 0.4) is 0 Å². The molecule has 0 spiro atoms. The maximum absolute atomic E-state index is 3.91. The van der Waals surface area contributed by atoms with Crippen LogP contribution in [0.5, 0.6) is 0 Å². The summed E-state index contributed by atoms with van der Waals surface area (Å²) < 4.78 is 0. The summed E-state index contributed by atoms with van der Waals surface area (Å²) in [7, 11) is 0. The van der Waals surface area contributed by atoms with Gasteiger partial charge in [-0.3, -0.25) is 0 Å². The molecule has 0 aliphatic heterocycles. The number of unbranched alkanes of at least 4 members (excludes halogenated alkanes) is 2. The van der Waals surface area contributed by atoms with Gasteiger partial charge < -0.3 is 4.90 Å². The predicted octanol–water partition coefficient (Wildman–Crippen LogP) is 3.46. The maximum Gasteiger partial charge on any atom is -0.00190 e. The summed E-state index contributed by atoms with van der Waals surface area (Å²) in [6.45, 7) is 14.1. The summed E-state index contributed by atoms with van der Waals surface area (Å²) in [6.07, 6.45) is 5.22. The van der Waals surface area contributed by atoms with Gasteiger partial charge >= 0.3 is 0 Å². The van der Waals surface area contributed by atoms with Crippen LogP contribution in [0.15, 0.2) is 12.2 Å². The first-order chi connectivity index (χ1) is 6.20. The Morgan fingerprint density at radius 1 is 1.08 bits per heavy atom. The highest BCUT2D eigenvalue weighted by molar-refractivity contribution is 4.86. The molecular weight excluding hydrogens is 158 g/mol. The van der Waals surface area contributed by atoms with E-state index in [1.54, 1.807) is 0 Å². The molecule has 0 saturated heterocycles. The van der Waals surface area contributed by atoms with Gasteiger partial charge in [-0.2, -0.15) is 0 Å². The molecule has 0 saturated carbocycles. The lowest BCUT2D eigenvalue weighted by molar-refractivity contribution is 0.296. The quantitative estimate of drug-likeness (QED) is 0.411. The third-order valence-electron chi connectivity index (χ3n) is 2.47. The molecular formula is C12H25N. The Bertz CT molecular complexity index is 125. The van der Waals surface area contributed by atoms with Crippen molar-refractivity contribution in [2.45, 2.75) is 46.5 Å². The average molecular weight is 183 g/mol. The summed E-state index contributed by atoms with van der Waals surface area (Å²) in [5.74, 6) is 0. The summed E-state index contributed by atoms with van der Waals surface area (Å²) in [5, 5.41) is 0. The van der Waals surface area contributed by atoms with Gasteiger partial charge in [-0.1, -0.05) is 25.8 Å². The normalized spacial score (nSPS) is 10.8. The molecule has 0 aromatic carbocycles. The molecule has 0 rings (SSSR count). The molecule has 0 aliphatic carbocycles. The molecule has 0 aliphatic rings. The van der Waals surface area contributed by atoms with E-state index in [0.717, 1.165) is 0 Å². The lowest BCUT2D eigenvalue weighted by Gasteiger charge is -2.17. The van der Waals surface area contributed by atoms with Crippen LogP contribution in [0.4, 0.5) is 0 Å². The third-order valence-corrected chi connectivity index (χ3v) is 2.47. The van der Waals surface area contributed by atoms with Crippen molar-refractivity contribution in [1.82, 2.24) is 4.90 Å². The summed E-state index contributed by atoms with van der Waals surface area (Å²) >= 11 is 0. The predicted molar refractivity (Wildman–Crippen MR) is 61.1 cm³/mol. The first kappa shape index (κ1) is 12.7. The Balaban J connectivity index is 3.19. The molecule has 0 radical (unpaired) electrons. The zero-order valence-electron chi connectivity index (χ0n) is 9.60. The molecule has 0 fully saturated rings. The van der Waals surface area contributed by atoms with E-state index in [1.165, 1.54) is 50.9 Å². The van der Waals surface area contributed by atoms with Crippen LogP contribution in [-0.2, 0) is 0 Å². The highest BCUT2D eigenvalue weighted by Gasteiger charge is 1.97. The average Bonchev–Trinajstić information content (AvgIpc) is 2.11. The van der Waals surface area contributed by atoms with E-state index in [9.17, 15) is 0 Å². The second-order valence-electron chi connectivity index (χ2n) is 3.79. The van der Waals surface area contributed by atoms with Crippen molar-refractivity contribution in [2.75, 3.05) is 19.6 Å². The molecule has 0 aromatic rings. The zero-order valence-corrected chi connectivity index (χ0v) is 9.60. The van der Waals surface area contributed by atoms with Gasteiger partial charge in [0.05, 0.1) is 0 Å². The molecule has 1 heteroatoms. The van der Waals surface area contributed by atoms with Crippen LogP contribution in [0.1, 0.15) is 46.5 Å². The van der Waals surface area contributed by atoms with Crippen molar-refractivity contribution >= 4 is 0 Å². The largest absolute Gasteiger partial charge is 0.304 e. The van der Waals surface area contributed by atoms with E-state index in [-0.39, 0.29) is 0 Å². The third kappa shape index (κ3) is 8.04. The molecule has 1 nitrogen and oxygen atoms in total. The Hall–Kier alpha value is -0.300. The topological polar surface area (TPSA) is 3.24 Å². The van der Waals surface area contributed by atoms with Crippen LogP contribution >= 0.6 is 0 Å². The lowest BCUT2D eigenvalue weighted by atomic mass is 10.1. The van der Waals surface area contributed by atoms with E-state index in [2.05, 4.69) is 32.3 Å². The van der Waals surface area contributed by atoms with Gasteiger partial charge in [0.2, 0.25) is 0 Å². The number of hydrogen-bond acceptors (Lipinski definition) is 1. The number of nitrogens with zero attached hydrogens (tertiary/aromatic N) is 1. The fraction of sp³-hybridized carbons (Fsp3) is 0.833. The van der Waals surface area contributed by atoms with Crippen molar-refractivity contribution in [2.24, 2.45) is 0 Å². The van der Waals surface area contributed by atoms with Crippen molar-refractivity contribution in [3.8, 4) is 0 Å². The van der Waals surface area contributed by atoms with Crippen molar-refractivity contribution < 1.29 is 0 Å². The van der Waals surface area contributed by atoms with Gasteiger partial charge in [-0.25, -0.2) is 0 Å². The van der Waals surface area contributed by atoms with Crippen LogP contribution in [0.25, 0.3) is 0 Å². The minimum atomic E-state index is 1.19. The standard InChI is InChI=1S/C12H25N/c1-5-13(6-2)11-9-7-8-10-12(3)4/h3,5-11H2,1-2,4H3. The molecule has 0 unspecified atom stereocenters. The smallest absolute Gasteiger partial charge is 0.00190 e. The van der Waals surface area contributed by atoms with Crippen LogP contribution in [-0.4, -0.2) is 24.5 Å². The van der Waals surface area contributed by atoms with Crippen LogP contribution in [0.2, 0.25) is 0 Å². The van der Waals surface area contributed by atoms with Crippen molar-refractivity contribution in [3.05, 3.63) is 12.2 Å². The van der Waals surface area contributed by atoms with Gasteiger partial charge in [-0.15, -0.1) is 6.58 Å². The Labute approximate surface area is 83.8 Å². The molecule has 0 heterocycles. The second kappa shape index (κ2) is 8.31. The highest BCUT2D eigenvalue weighted by Crippen LogP contribution is 2.06. The van der Waals surface area contributed by atoms with Crippen LogP contribution < -0.4 is 0 Å². The Kier molecular flexibility index (Phi) is 8.11. The van der Waals surface area contributed by atoms with E-state index in [1.807, 2.05) is 0 Å². The molecule has 0 aromatic heterocycles. The van der Waals surface area contributed by atoms with Gasteiger partial charge in [0, 0.05) is 0 Å². The highest BCUT2D eigenvalue weighted by atomic mass is 15.1. The molecule has 0 bridgehead atoms. The lowest BCUT2D eigenvalue weighted by Crippen LogP contribution is -2.23. The minimum Gasteiger partial charge on any atom is -0.304 e. The minimum absolute atomic E-state index is 1.19. The fourth-order valence-electron chi connectivity index (χ4n) is 1.48. The van der Waals surface area contributed by atoms with Gasteiger partial charge in [0.25, 0.3) is 0 Å². The van der Waals surface area contributed by atoms with Gasteiger partial charge in [0.15, 0.2) is 0 Å². The first-order valence-corrected chi connectivity index (χ1v) is 5.57. The van der Waals surface area contributed by atoms with Gasteiger partial charge in [0.1, 0.15) is 0 Å². The first-order valence-electron chi connectivity index (χ1n) is 5.57. The fourth-order valence-corrected chi connectivity index (χ4v) is 1.48. The molecule has 0 amide bonds. The molecule has 0 N–H and O–H groups in total. The van der Waals surface area contributed by atoms with E-state index >= 15 is 0 Å². The van der Waals surface area contributed by atoms with E-state index < -0.39 is 0 Å². The second-order valence-corrected chi connectivity index (χ2v) is 3.79. The molecule has 0 atom stereocenters. The van der Waals surface area contributed by atoms with Crippen molar-refractivity contribution in [3.63, 3.8) is 0 Å². The Morgan fingerprint density at radius 2 is 1.69 bits per heavy atom. The summed E-state index contributed by atoms with van der Waals surface area (Å²) in [4.78, 5) is 2.49. The van der Waals surface area contributed by atoms with Gasteiger partial charge in [-0.05, 0) is 45.8 Å². The van der Waals surface area contributed by atoms with E-state index in [0.29, 0.717) is 0 Å². The SMILES string of the molecule is C=C(C)CCCCCN(CC)CC. The molecule has 13 heavy (non-hydrogen) atoms. The monoisotopic (exact) mass is 183 g/mol.